The Balaban J connectivity index is 1.54. The Morgan fingerprint density at radius 3 is 2.41 bits per heavy atom. The van der Waals surface area contributed by atoms with Crippen LogP contribution in [0, 0.1) is 0 Å². The molecule has 2 saturated heterocycles. The lowest BCUT2D eigenvalue weighted by Crippen LogP contribution is -2.52. The van der Waals surface area contributed by atoms with Gasteiger partial charge in [0.05, 0.1) is 12.7 Å². The predicted molar refractivity (Wildman–Crippen MR) is 86.4 cm³/mol. The number of methoxy groups -OCH3 is 1. The minimum absolute atomic E-state index is 0.0153. The Morgan fingerprint density at radius 1 is 1.18 bits per heavy atom. The lowest BCUT2D eigenvalue weighted by atomic mass is 10.1. The van der Waals surface area contributed by atoms with Crippen molar-refractivity contribution in [2.75, 3.05) is 44.8 Å². The molecule has 0 spiro atoms. The van der Waals surface area contributed by atoms with Crippen LogP contribution in [-0.2, 0) is 0 Å². The van der Waals surface area contributed by atoms with E-state index in [1.807, 2.05) is 4.90 Å². The number of thioether (sulfide) groups is 1. The van der Waals surface area contributed by atoms with Gasteiger partial charge in [0.25, 0.3) is 5.91 Å². The topological polar surface area (TPSA) is 58.6 Å². The molecule has 6 nitrogen and oxygen atoms in total. The van der Waals surface area contributed by atoms with Crippen LogP contribution in [0.2, 0.25) is 0 Å². The van der Waals surface area contributed by atoms with Gasteiger partial charge in [0.2, 0.25) is 0 Å². The van der Waals surface area contributed by atoms with Crippen molar-refractivity contribution in [3.63, 3.8) is 0 Å². The molecule has 0 unspecified atom stereocenters. The number of hydrogen-bond donors (Lipinski definition) is 0. The molecule has 120 valence electrons. The van der Waals surface area contributed by atoms with Gasteiger partial charge in [-0.25, -0.2) is 9.97 Å². The SMILES string of the molecule is COc1ncc(C(=O)N2CCN(C3CCSCC3)CC2)cn1. The number of carbonyl (C=O) groups excluding carboxylic acids is 1. The first-order chi connectivity index (χ1) is 10.8. The maximum Gasteiger partial charge on any atom is 0.316 e. The molecule has 22 heavy (non-hydrogen) atoms. The number of nitrogens with zero attached hydrogens (tertiary/aromatic N) is 4. The van der Waals surface area contributed by atoms with E-state index in [-0.39, 0.29) is 11.9 Å². The Bertz CT molecular complexity index is 497. The van der Waals surface area contributed by atoms with Gasteiger partial charge in [-0.3, -0.25) is 9.69 Å². The first-order valence-electron chi connectivity index (χ1n) is 7.75. The highest BCUT2D eigenvalue weighted by Crippen LogP contribution is 2.23. The van der Waals surface area contributed by atoms with Crippen LogP contribution >= 0.6 is 11.8 Å². The zero-order valence-corrected chi connectivity index (χ0v) is 13.7. The van der Waals surface area contributed by atoms with Crippen molar-refractivity contribution in [3.05, 3.63) is 18.0 Å². The molecule has 0 atom stereocenters. The quantitative estimate of drug-likeness (QED) is 0.832. The van der Waals surface area contributed by atoms with Crippen molar-refractivity contribution >= 4 is 17.7 Å². The summed E-state index contributed by atoms with van der Waals surface area (Å²) in [6, 6.07) is 0.999. The van der Waals surface area contributed by atoms with E-state index in [9.17, 15) is 4.79 Å². The molecule has 3 heterocycles. The molecule has 2 aliphatic heterocycles. The van der Waals surface area contributed by atoms with E-state index < -0.39 is 0 Å². The van der Waals surface area contributed by atoms with Gasteiger partial charge in [-0.15, -0.1) is 0 Å². The van der Waals surface area contributed by atoms with Gasteiger partial charge in [0, 0.05) is 44.6 Å². The fourth-order valence-electron chi connectivity index (χ4n) is 3.06. The summed E-state index contributed by atoms with van der Waals surface area (Å²) in [7, 11) is 1.51. The van der Waals surface area contributed by atoms with Gasteiger partial charge in [-0.2, -0.15) is 11.8 Å². The number of rotatable bonds is 3. The van der Waals surface area contributed by atoms with E-state index in [4.69, 9.17) is 4.74 Å². The summed E-state index contributed by atoms with van der Waals surface area (Å²) in [4.78, 5) is 24.9. The molecule has 0 aliphatic carbocycles. The van der Waals surface area contributed by atoms with Crippen LogP contribution in [0.25, 0.3) is 0 Å². The molecule has 0 saturated carbocycles. The van der Waals surface area contributed by atoms with E-state index in [1.165, 1.54) is 31.5 Å². The van der Waals surface area contributed by atoms with Gasteiger partial charge in [0.15, 0.2) is 0 Å². The van der Waals surface area contributed by atoms with Crippen molar-refractivity contribution < 1.29 is 9.53 Å². The number of carbonyl (C=O) groups is 1. The molecule has 7 heteroatoms. The van der Waals surface area contributed by atoms with Gasteiger partial charge in [-0.1, -0.05) is 0 Å². The van der Waals surface area contributed by atoms with Crippen LogP contribution in [0.3, 0.4) is 0 Å². The van der Waals surface area contributed by atoms with E-state index in [0.29, 0.717) is 11.6 Å². The van der Waals surface area contributed by atoms with Crippen LogP contribution in [0.4, 0.5) is 0 Å². The molecule has 1 aromatic heterocycles. The standard InChI is InChI=1S/C15H22N4O2S/c1-21-15-16-10-12(11-17-15)14(20)19-6-4-18(5-7-19)13-2-8-22-9-3-13/h10-11,13H,2-9H2,1H3. The minimum Gasteiger partial charge on any atom is -0.467 e. The smallest absolute Gasteiger partial charge is 0.316 e. The molecule has 2 fully saturated rings. The summed E-state index contributed by atoms with van der Waals surface area (Å²) in [6.07, 6.45) is 5.65. The largest absolute Gasteiger partial charge is 0.467 e. The maximum atomic E-state index is 12.5. The summed E-state index contributed by atoms with van der Waals surface area (Å²) in [5.41, 5.74) is 0.531. The Hall–Kier alpha value is -1.34. The van der Waals surface area contributed by atoms with Crippen LogP contribution < -0.4 is 4.74 Å². The molecule has 1 aromatic rings. The van der Waals surface area contributed by atoms with E-state index in [1.54, 1.807) is 12.4 Å². The lowest BCUT2D eigenvalue weighted by molar-refractivity contribution is 0.0558. The highest BCUT2D eigenvalue weighted by atomic mass is 32.2. The number of ether oxygens (including phenoxy) is 1. The second kappa shape index (κ2) is 7.28. The Labute approximate surface area is 135 Å². The fraction of sp³-hybridized carbons (Fsp3) is 0.667. The molecular weight excluding hydrogens is 300 g/mol. The molecule has 0 N–H and O–H groups in total. The number of hydrogen-bond acceptors (Lipinski definition) is 6. The second-order valence-corrected chi connectivity index (χ2v) is 6.85. The number of amides is 1. The summed E-state index contributed by atoms with van der Waals surface area (Å²) in [5.74, 6) is 2.56. The zero-order valence-electron chi connectivity index (χ0n) is 12.9. The van der Waals surface area contributed by atoms with Crippen molar-refractivity contribution in [2.45, 2.75) is 18.9 Å². The number of piperazine rings is 1. The van der Waals surface area contributed by atoms with Gasteiger partial charge in [0.1, 0.15) is 0 Å². The van der Waals surface area contributed by atoms with Crippen LogP contribution in [0.15, 0.2) is 12.4 Å². The summed E-state index contributed by atoms with van der Waals surface area (Å²) < 4.78 is 4.92. The fourth-order valence-corrected chi connectivity index (χ4v) is 4.14. The van der Waals surface area contributed by atoms with E-state index >= 15 is 0 Å². The Kier molecular flexibility index (Phi) is 5.15. The van der Waals surface area contributed by atoms with Gasteiger partial charge < -0.3 is 9.64 Å². The molecule has 3 rings (SSSR count). The van der Waals surface area contributed by atoms with Crippen molar-refractivity contribution in [3.8, 4) is 6.01 Å². The van der Waals surface area contributed by atoms with Gasteiger partial charge >= 0.3 is 6.01 Å². The van der Waals surface area contributed by atoms with Crippen LogP contribution in [0.1, 0.15) is 23.2 Å². The third kappa shape index (κ3) is 3.52. The average molecular weight is 322 g/mol. The highest BCUT2D eigenvalue weighted by molar-refractivity contribution is 7.99. The minimum atomic E-state index is 0.0153. The molecule has 2 aliphatic rings. The molecule has 0 bridgehead atoms. The monoisotopic (exact) mass is 322 g/mol. The zero-order chi connectivity index (χ0) is 15.4. The first-order valence-corrected chi connectivity index (χ1v) is 8.90. The van der Waals surface area contributed by atoms with E-state index in [0.717, 1.165) is 26.2 Å². The first kappa shape index (κ1) is 15.6. The molecular formula is C15H22N4O2S. The van der Waals surface area contributed by atoms with Crippen LogP contribution in [-0.4, -0.2) is 76.5 Å². The molecule has 0 radical (unpaired) electrons. The predicted octanol–water partition coefficient (Wildman–Crippen LogP) is 1.14. The molecule has 1 amide bonds. The lowest BCUT2D eigenvalue weighted by Gasteiger charge is -2.40. The number of aromatic nitrogens is 2. The summed E-state index contributed by atoms with van der Waals surface area (Å²) >= 11 is 2.05. The second-order valence-electron chi connectivity index (χ2n) is 5.63. The summed E-state index contributed by atoms with van der Waals surface area (Å²) in [6.45, 7) is 3.51. The normalized spacial score (nSPS) is 20.9. The van der Waals surface area contributed by atoms with Crippen LogP contribution in [0.5, 0.6) is 6.01 Å². The van der Waals surface area contributed by atoms with Gasteiger partial charge in [-0.05, 0) is 24.3 Å². The maximum absolute atomic E-state index is 12.5. The highest BCUT2D eigenvalue weighted by Gasteiger charge is 2.27. The molecule has 0 aromatic carbocycles. The van der Waals surface area contributed by atoms with Crippen molar-refractivity contribution in [1.82, 2.24) is 19.8 Å². The third-order valence-electron chi connectivity index (χ3n) is 4.37. The van der Waals surface area contributed by atoms with E-state index in [2.05, 4.69) is 26.6 Å². The summed E-state index contributed by atoms with van der Waals surface area (Å²) in [5, 5.41) is 0. The van der Waals surface area contributed by atoms with Crippen molar-refractivity contribution in [1.29, 1.82) is 0 Å². The average Bonchev–Trinajstić information content (AvgIpc) is 2.62. The Morgan fingerprint density at radius 2 is 1.82 bits per heavy atom. The third-order valence-corrected chi connectivity index (χ3v) is 5.42. The van der Waals surface area contributed by atoms with Crippen molar-refractivity contribution in [2.24, 2.45) is 0 Å².